The van der Waals surface area contributed by atoms with Crippen molar-refractivity contribution in [1.29, 1.82) is 0 Å². The fourth-order valence-corrected chi connectivity index (χ4v) is 9.32. The quantitative estimate of drug-likeness (QED) is 0.0491. The normalized spacial score (nSPS) is 15.0. The van der Waals surface area contributed by atoms with Crippen molar-refractivity contribution in [2.45, 2.75) is 26.2 Å². The standard InChI is InChI=1S/C66H83N8O4/c1-13-17-56-63(48-18-28-53(29-19-48)76-45-15-41-72(4,5)6)57-34-35-58(67-57)64(49-20-26-52(27-21-49)75-44-14-40-71(2)3)59-36-37-60(68-59)65(50-22-30-55(31-23-50)78-47-43-74(10,11)12)61-38-39-62(69-61)66(70-56)51-24-32-54(33-25-51)77-46-16-42-73(7,8)9/h13,17-39,68H,14-16,40-47H2,1-12H3/q+3/b17-13-,63-56?,63-57?,64-58?,64-59?,65-60?,65-61?,66-62?,70-56?,70-66?. The highest BCUT2D eigenvalue weighted by Gasteiger charge is 2.26. The fraction of sp³-hybridized carbons (Fsp3) is 0.348. The number of nitrogens with zero attached hydrogens (tertiary/aromatic N) is 7. The van der Waals surface area contributed by atoms with Gasteiger partial charge in [0.1, 0.15) is 36.1 Å². The number of hydrogen-bond acceptors (Lipinski definition) is 8. The largest absolute Gasteiger partial charge is 0.494 e. The molecule has 408 valence electrons. The summed E-state index contributed by atoms with van der Waals surface area (Å²) in [6.45, 7) is 8.43. The van der Waals surface area contributed by atoms with E-state index in [1.54, 1.807) is 0 Å². The van der Waals surface area contributed by atoms with Crippen molar-refractivity contribution < 1.29 is 32.4 Å². The van der Waals surface area contributed by atoms with Crippen LogP contribution >= 0.6 is 0 Å². The monoisotopic (exact) mass is 1050 g/mol. The molecule has 0 aliphatic carbocycles. The second-order valence-corrected chi connectivity index (χ2v) is 23.6. The van der Waals surface area contributed by atoms with Crippen LogP contribution in [-0.4, -0.2) is 171 Å². The molecule has 1 N–H and O–H groups in total. The number of fused-ring (bicyclic) bond motifs is 4. The van der Waals surface area contributed by atoms with Crippen LogP contribution in [0.4, 0.5) is 0 Å². The molecule has 0 fully saturated rings. The molecule has 0 saturated heterocycles. The molecule has 8 rings (SSSR count). The number of benzene rings is 4. The topological polar surface area (TPSA) is 93.0 Å². The summed E-state index contributed by atoms with van der Waals surface area (Å²) in [4.78, 5) is 22.8. The average Bonchev–Trinajstić information content (AvgIpc) is 4.27. The lowest BCUT2D eigenvalue weighted by Gasteiger charge is -2.23. The predicted octanol–water partition coefficient (Wildman–Crippen LogP) is 11.4. The molecule has 4 aromatic carbocycles. The average molecular weight is 1050 g/mol. The van der Waals surface area contributed by atoms with Crippen LogP contribution in [0.25, 0.3) is 16.7 Å². The molecule has 0 spiro atoms. The molecule has 6 bridgehead atoms. The fourth-order valence-electron chi connectivity index (χ4n) is 9.32. The van der Waals surface area contributed by atoms with Gasteiger partial charge in [0, 0.05) is 53.1 Å². The second kappa shape index (κ2) is 25.4. The maximum Gasteiger partial charge on any atom is 0.137 e. The van der Waals surface area contributed by atoms with E-state index in [1.165, 1.54) is 0 Å². The zero-order chi connectivity index (χ0) is 55.5. The molecule has 0 radical (unpaired) electrons. The molecule has 78 heavy (non-hydrogen) atoms. The summed E-state index contributed by atoms with van der Waals surface area (Å²) in [6, 6.07) is 37.7. The minimum atomic E-state index is 0.612. The maximum absolute atomic E-state index is 6.31. The number of rotatable bonds is 24. The summed E-state index contributed by atoms with van der Waals surface area (Å²) in [5.74, 6) is 3.27. The van der Waals surface area contributed by atoms with E-state index < -0.39 is 0 Å². The zero-order valence-corrected chi connectivity index (χ0v) is 48.4. The number of aliphatic imine (C=N–C) groups is 3. The van der Waals surface area contributed by atoms with Crippen LogP contribution in [0.1, 0.15) is 59.8 Å². The first-order valence-corrected chi connectivity index (χ1v) is 27.5. The number of aromatic nitrogens is 1. The second-order valence-electron chi connectivity index (χ2n) is 23.6. The summed E-state index contributed by atoms with van der Waals surface area (Å²) < 4.78 is 27.7. The Labute approximate surface area is 464 Å². The lowest BCUT2D eigenvalue weighted by atomic mass is 9.97. The van der Waals surface area contributed by atoms with Crippen LogP contribution in [0, 0.1) is 0 Å². The Hall–Kier alpha value is -7.35. The van der Waals surface area contributed by atoms with Gasteiger partial charge in [-0.1, -0.05) is 42.5 Å². The van der Waals surface area contributed by atoms with Gasteiger partial charge in [0.05, 0.1) is 131 Å². The van der Waals surface area contributed by atoms with Crippen LogP contribution in [0.5, 0.6) is 23.0 Å². The number of ether oxygens (including phenoxy) is 4. The van der Waals surface area contributed by atoms with Crippen molar-refractivity contribution in [2.75, 3.05) is 130 Å². The molecule has 0 amide bonds. The molecular weight excluding hydrogens is 969 g/mol. The third-order valence-corrected chi connectivity index (χ3v) is 13.4. The van der Waals surface area contributed by atoms with E-state index in [4.69, 9.17) is 33.9 Å². The van der Waals surface area contributed by atoms with Crippen molar-refractivity contribution in [3.63, 3.8) is 0 Å². The van der Waals surface area contributed by atoms with Crippen molar-refractivity contribution in [3.05, 3.63) is 196 Å². The molecule has 4 heterocycles. The van der Waals surface area contributed by atoms with E-state index in [0.717, 1.165) is 161 Å². The van der Waals surface area contributed by atoms with Gasteiger partial charge < -0.3 is 42.3 Å². The van der Waals surface area contributed by atoms with Crippen LogP contribution in [-0.2, 0) is 0 Å². The highest BCUT2D eigenvalue weighted by Crippen LogP contribution is 2.38. The number of aromatic amines is 1. The number of quaternary nitrogens is 3. The molecule has 0 unspecified atom stereocenters. The van der Waals surface area contributed by atoms with Gasteiger partial charge in [0.25, 0.3) is 0 Å². The highest BCUT2D eigenvalue weighted by molar-refractivity contribution is 6.53. The SMILES string of the molecule is C/C=C\C1=C(c2ccc(OCCC[N+](C)(C)C)cc2)C2=NC(=C(c3ccc(OCCCN(C)C)cc3)c3ccc([nH]3)C(c3ccc(OCC[N+](C)(C)C)cc3)=C3C=CC(=N3)C(c3ccc(OCCC[N+](C)(C)C)cc3)=N1)C=C2. The molecule has 3 aliphatic heterocycles. The number of allylic oxidation sites excluding steroid dienone is 7. The lowest BCUT2D eigenvalue weighted by molar-refractivity contribution is -0.870. The van der Waals surface area contributed by atoms with Crippen LogP contribution < -0.4 is 18.9 Å². The van der Waals surface area contributed by atoms with E-state index in [9.17, 15) is 0 Å². The minimum absolute atomic E-state index is 0.612. The van der Waals surface area contributed by atoms with Gasteiger partial charge in [0.15, 0.2) is 0 Å². The molecule has 5 aromatic rings. The van der Waals surface area contributed by atoms with Crippen molar-refractivity contribution in [1.82, 2.24) is 9.88 Å². The first-order valence-electron chi connectivity index (χ1n) is 27.5. The van der Waals surface area contributed by atoms with E-state index in [2.05, 4.69) is 215 Å². The van der Waals surface area contributed by atoms with Crippen LogP contribution in [0.3, 0.4) is 0 Å². The van der Waals surface area contributed by atoms with Gasteiger partial charge in [-0.25, -0.2) is 15.0 Å². The van der Waals surface area contributed by atoms with E-state index >= 15 is 0 Å². The summed E-state index contributed by atoms with van der Waals surface area (Å²) >= 11 is 0. The smallest absolute Gasteiger partial charge is 0.137 e. The minimum Gasteiger partial charge on any atom is -0.494 e. The Balaban J connectivity index is 1.31. The van der Waals surface area contributed by atoms with Crippen LogP contribution in [0.2, 0.25) is 0 Å². The van der Waals surface area contributed by atoms with Gasteiger partial charge in [-0.15, -0.1) is 0 Å². The molecule has 0 atom stereocenters. The first-order chi connectivity index (χ1) is 37.3. The molecular formula is C66H83N8O4+3. The third kappa shape index (κ3) is 15.9. The third-order valence-electron chi connectivity index (χ3n) is 13.4. The highest BCUT2D eigenvalue weighted by atomic mass is 16.5. The Morgan fingerprint density at radius 1 is 0.436 bits per heavy atom. The predicted molar refractivity (Wildman–Crippen MR) is 323 cm³/mol. The Bertz CT molecular complexity index is 3140. The van der Waals surface area contributed by atoms with Gasteiger partial charge in [-0.3, -0.25) is 0 Å². The lowest BCUT2D eigenvalue weighted by Crippen LogP contribution is -2.38. The maximum atomic E-state index is 6.31. The Morgan fingerprint density at radius 2 is 0.833 bits per heavy atom. The number of H-pyrrole nitrogens is 1. The Morgan fingerprint density at radius 3 is 1.27 bits per heavy atom. The van der Waals surface area contributed by atoms with Gasteiger partial charge in [-0.05, 0) is 147 Å². The number of nitrogens with one attached hydrogen (secondary N) is 1. The molecule has 1 aromatic heterocycles. The van der Waals surface area contributed by atoms with E-state index in [-0.39, 0.29) is 0 Å². The van der Waals surface area contributed by atoms with Crippen molar-refractivity contribution in [2.24, 2.45) is 15.0 Å². The number of hydrogen-bond donors (Lipinski definition) is 1. The Kier molecular flexibility index (Phi) is 18.5. The van der Waals surface area contributed by atoms with Crippen molar-refractivity contribution >= 4 is 33.9 Å². The summed E-state index contributed by atoms with van der Waals surface area (Å²) in [6.07, 6.45) is 15.4. The zero-order valence-electron chi connectivity index (χ0n) is 48.4. The summed E-state index contributed by atoms with van der Waals surface area (Å²) in [7, 11) is 23.9. The van der Waals surface area contributed by atoms with E-state index in [1.807, 2.05) is 25.1 Å². The van der Waals surface area contributed by atoms with E-state index in [0.29, 0.717) is 32.1 Å². The number of likely N-dealkylation sites (N-methyl/N-ethyl adjacent to an activating group) is 1. The summed E-state index contributed by atoms with van der Waals surface area (Å²) in [5, 5.41) is 0. The van der Waals surface area contributed by atoms with Gasteiger partial charge in [0.2, 0.25) is 0 Å². The van der Waals surface area contributed by atoms with Crippen LogP contribution in [0.15, 0.2) is 178 Å². The first kappa shape index (κ1) is 56.8. The summed E-state index contributed by atoms with van der Waals surface area (Å²) in [5.41, 5.74) is 13.0. The molecule has 12 nitrogen and oxygen atoms in total. The molecule has 12 heteroatoms. The molecule has 0 saturated carbocycles. The molecule has 3 aliphatic rings. The van der Waals surface area contributed by atoms with Gasteiger partial charge >= 0.3 is 0 Å². The van der Waals surface area contributed by atoms with Crippen molar-refractivity contribution in [3.8, 4) is 23.0 Å². The van der Waals surface area contributed by atoms with Gasteiger partial charge in [-0.2, -0.15) is 0 Å².